The minimum atomic E-state index is -0.108. The van der Waals surface area contributed by atoms with Crippen molar-refractivity contribution >= 4 is 17.6 Å². The van der Waals surface area contributed by atoms with E-state index in [1.165, 1.54) is 0 Å². The van der Waals surface area contributed by atoms with E-state index in [0.717, 1.165) is 25.8 Å². The predicted octanol–water partition coefficient (Wildman–Crippen LogP) is 1.20. The zero-order valence-corrected chi connectivity index (χ0v) is 13.8. The summed E-state index contributed by atoms with van der Waals surface area (Å²) in [6.45, 7) is 3.96. The quantitative estimate of drug-likeness (QED) is 0.849. The molecule has 0 aliphatic carbocycles. The van der Waals surface area contributed by atoms with Gasteiger partial charge in [0.1, 0.15) is 5.69 Å². The Morgan fingerprint density at radius 2 is 2.21 bits per heavy atom. The largest absolute Gasteiger partial charge is 0.338 e. The highest BCUT2D eigenvalue weighted by atomic mass is 16.2. The monoisotopic (exact) mass is 327 g/mol. The van der Waals surface area contributed by atoms with Crippen LogP contribution in [0.25, 0.3) is 5.78 Å². The molecule has 7 nitrogen and oxygen atoms in total. The Morgan fingerprint density at radius 1 is 1.33 bits per heavy atom. The molecule has 2 amide bonds. The summed E-state index contributed by atoms with van der Waals surface area (Å²) < 4.78 is 1.74. The van der Waals surface area contributed by atoms with Crippen LogP contribution in [0.3, 0.4) is 0 Å². The van der Waals surface area contributed by atoms with Crippen LogP contribution in [-0.2, 0) is 4.79 Å². The molecule has 0 saturated carbocycles. The number of fused-ring (bicyclic) bond motifs is 5. The van der Waals surface area contributed by atoms with Crippen molar-refractivity contribution in [3.05, 3.63) is 30.4 Å². The van der Waals surface area contributed by atoms with Crippen molar-refractivity contribution in [3.63, 3.8) is 0 Å². The van der Waals surface area contributed by atoms with Crippen LogP contribution in [0.2, 0.25) is 0 Å². The first-order valence-corrected chi connectivity index (χ1v) is 8.57. The van der Waals surface area contributed by atoms with Gasteiger partial charge in [0.05, 0.1) is 5.92 Å². The van der Waals surface area contributed by atoms with Gasteiger partial charge in [-0.15, -0.1) is 0 Å². The summed E-state index contributed by atoms with van der Waals surface area (Å²) in [5, 5.41) is 0. The maximum absolute atomic E-state index is 12.9. The number of nitrogens with zero attached hydrogens (tertiary/aromatic N) is 5. The average Bonchev–Trinajstić information content (AvgIpc) is 2.84. The van der Waals surface area contributed by atoms with Gasteiger partial charge in [-0.05, 0) is 25.3 Å². The van der Waals surface area contributed by atoms with Crippen LogP contribution in [0.1, 0.15) is 36.7 Å². The lowest BCUT2D eigenvalue weighted by Gasteiger charge is -2.35. The number of aromatic nitrogens is 3. The number of hydrogen-bond donors (Lipinski definition) is 0. The first kappa shape index (κ1) is 15.1. The third-order valence-electron chi connectivity index (χ3n) is 5.00. The van der Waals surface area contributed by atoms with E-state index >= 15 is 0 Å². The lowest BCUT2D eigenvalue weighted by molar-refractivity contribution is -0.139. The minimum Gasteiger partial charge on any atom is -0.338 e. The Balaban J connectivity index is 1.60. The zero-order chi connectivity index (χ0) is 16.7. The molecule has 0 radical (unpaired) electrons. The SMILES string of the molecule is CCCN1C(=O)[C@H]2CC[C@@H]1CN(C(=O)c1cn3cccnc3n1)C2. The number of piperidine rings is 1. The molecule has 2 aromatic rings. The molecule has 0 unspecified atom stereocenters. The van der Waals surface area contributed by atoms with Crippen LogP contribution >= 0.6 is 0 Å². The summed E-state index contributed by atoms with van der Waals surface area (Å²) in [6, 6.07) is 1.94. The highest BCUT2D eigenvalue weighted by Crippen LogP contribution is 2.29. The molecule has 3 aliphatic heterocycles. The number of amides is 2. The van der Waals surface area contributed by atoms with Crippen LogP contribution in [0, 0.1) is 5.92 Å². The third-order valence-corrected chi connectivity index (χ3v) is 5.00. The maximum atomic E-state index is 12.9. The average molecular weight is 327 g/mol. The van der Waals surface area contributed by atoms with Gasteiger partial charge in [-0.2, -0.15) is 0 Å². The lowest BCUT2D eigenvalue weighted by Crippen LogP contribution is -2.48. The fourth-order valence-electron chi connectivity index (χ4n) is 3.84. The molecular weight excluding hydrogens is 306 g/mol. The zero-order valence-electron chi connectivity index (χ0n) is 13.8. The van der Waals surface area contributed by atoms with Gasteiger partial charge in [0.2, 0.25) is 11.7 Å². The standard InChI is InChI=1S/C17H21N5O2/c1-2-7-22-13-5-4-12(15(22)23)9-21(10-13)16(24)14-11-20-8-3-6-18-17(20)19-14/h3,6,8,11-13H,2,4-5,7,9-10H2,1H3/t12-,13+/m0/s1. The van der Waals surface area contributed by atoms with Crippen LogP contribution in [0.5, 0.6) is 0 Å². The second-order valence-corrected chi connectivity index (χ2v) is 6.62. The number of carbonyl (C=O) groups is 2. The Morgan fingerprint density at radius 3 is 3.00 bits per heavy atom. The van der Waals surface area contributed by atoms with Crippen molar-refractivity contribution in [2.45, 2.75) is 32.2 Å². The van der Waals surface area contributed by atoms with E-state index in [1.54, 1.807) is 27.8 Å². The molecule has 2 atom stereocenters. The van der Waals surface area contributed by atoms with Gasteiger partial charge in [-0.25, -0.2) is 9.97 Å². The van der Waals surface area contributed by atoms with Crippen molar-refractivity contribution in [2.24, 2.45) is 5.92 Å². The van der Waals surface area contributed by atoms with Gasteiger partial charge in [-0.3, -0.25) is 14.0 Å². The topological polar surface area (TPSA) is 70.8 Å². The van der Waals surface area contributed by atoms with Crippen molar-refractivity contribution in [1.82, 2.24) is 24.2 Å². The molecule has 0 spiro atoms. The van der Waals surface area contributed by atoms with E-state index in [-0.39, 0.29) is 23.8 Å². The van der Waals surface area contributed by atoms with E-state index in [2.05, 4.69) is 16.9 Å². The van der Waals surface area contributed by atoms with E-state index in [1.807, 2.05) is 11.1 Å². The van der Waals surface area contributed by atoms with Gasteiger partial charge in [0.15, 0.2) is 0 Å². The highest BCUT2D eigenvalue weighted by molar-refractivity contribution is 5.93. The fraction of sp³-hybridized carbons (Fsp3) is 0.529. The van der Waals surface area contributed by atoms with Gasteiger partial charge < -0.3 is 9.80 Å². The summed E-state index contributed by atoms with van der Waals surface area (Å²) in [4.78, 5) is 37.8. The molecular formula is C17H21N5O2. The lowest BCUT2D eigenvalue weighted by atomic mass is 9.94. The van der Waals surface area contributed by atoms with Crippen molar-refractivity contribution in [2.75, 3.05) is 19.6 Å². The van der Waals surface area contributed by atoms with Crippen LogP contribution < -0.4 is 0 Å². The smallest absolute Gasteiger partial charge is 0.274 e. The molecule has 24 heavy (non-hydrogen) atoms. The number of imidazole rings is 1. The summed E-state index contributed by atoms with van der Waals surface area (Å²) in [5.41, 5.74) is 0.393. The Bertz CT molecular complexity index is 753. The number of carbonyl (C=O) groups excluding carboxylic acids is 2. The highest BCUT2D eigenvalue weighted by Gasteiger charge is 2.41. The third kappa shape index (κ3) is 2.44. The first-order valence-electron chi connectivity index (χ1n) is 8.57. The summed E-state index contributed by atoms with van der Waals surface area (Å²) in [6.07, 6.45) is 7.99. The van der Waals surface area contributed by atoms with Crippen LogP contribution in [0.15, 0.2) is 24.7 Å². The molecule has 0 aromatic carbocycles. The van der Waals surface area contributed by atoms with Gasteiger partial charge in [0.25, 0.3) is 5.91 Å². The van der Waals surface area contributed by atoms with Crippen LogP contribution in [0.4, 0.5) is 0 Å². The molecule has 3 saturated heterocycles. The van der Waals surface area contributed by atoms with Crippen molar-refractivity contribution in [3.8, 4) is 0 Å². The van der Waals surface area contributed by atoms with E-state index in [4.69, 9.17) is 0 Å². The fourth-order valence-corrected chi connectivity index (χ4v) is 3.84. The maximum Gasteiger partial charge on any atom is 0.274 e. The molecule has 0 N–H and O–H groups in total. The van der Waals surface area contributed by atoms with Crippen LogP contribution in [-0.4, -0.2) is 61.7 Å². The Labute approximate surface area is 140 Å². The molecule has 3 aliphatic rings. The molecule has 5 rings (SSSR count). The molecule has 2 bridgehead atoms. The summed E-state index contributed by atoms with van der Waals surface area (Å²) in [7, 11) is 0. The predicted molar refractivity (Wildman–Crippen MR) is 87.4 cm³/mol. The van der Waals surface area contributed by atoms with E-state index in [9.17, 15) is 9.59 Å². The van der Waals surface area contributed by atoms with E-state index < -0.39 is 0 Å². The minimum absolute atomic E-state index is 0.0746. The van der Waals surface area contributed by atoms with Gasteiger partial charge in [-0.1, -0.05) is 6.92 Å². The first-order chi connectivity index (χ1) is 11.7. The summed E-state index contributed by atoms with van der Waals surface area (Å²) in [5.74, 6) is 0.542. The molecule has 7 heteroatoms. The Kier molecular flexibility index (Phi) is 3.70. The second-order valence-electron chi connectivity index (χ2n) is 6.62. The van der Waals surface area contributed by atoms with Crippen molar-refractivity contribution in [1.29, 1.82) is 0 Å². The molecule has 5 heterocycles. The summed E-state index contributed by atoms with van der Waals surface area (Å²) >= 11 is 0. The Hall–Kier alpha value is -2.44. The molecule has 126 valence electrons. The molecule has 2 aromatic heterocycles. The molecule has 3 fully saturated rings. The number of rotatable bonds is 3. The van der Waals surface area contributed by atoms with Gasteiger partial charge >= 0.3 is 0 Å². The van der Waals surface area contributed by atoms with E-state index in [0.29, 0.717) is 24.6 Å². The number of hydrogen-bond acceptors (Lipinski definition) is 4. The normalized spacial score (nSPS) is 23.8. The second kappa shape index (κ2) is 5.89. The van der Waals surface area contributed by atoms with Crippen molar-refractivity contribution < 1.29 is 9.59 Å². The van der Waals surface area contributed by atoms with Gasteiger partial charge in [0, 0.05) is 44.3 Å².